The van der Waals surface area contributed by atoms with E-state index in [1.807, 2.05) is 6.07 Å². The minimum atomic E-state index is -0.0544. The Morgan fingerprint density at radius 1 is 0.905 bits per heavy atom. The average Bonchev–Trinajstić information content (AvgIpc) is 2.27. The molecule has 0 aromatic heterocycles. The summed E-state index contributed by atoms with van der Waals surface area (Å²) in [6, 6.07) is 6.16. The van der Waals surface area contributed by atoms with E-state index in [4.69, 9.17) is 0 Å². The highest BCUT2D eigenvalue weighted by Gasteiger charge is 2.63. The lowest BCUT2D eigenvalue weighted by Crippen LogP contribution is -2.60. The number of phenols is 1. The van der Waals surface area contributed by atoms with E-state index in [0.717, 1.165) is 5.56 Å². The van der Waals surface area contributed by atoms with Gasteiger partial charge in [0.1, 0.15) is 5.75 Å². The Labute approximate surface area is 130 Å². The third-order valence-electron chi connectivity index (χ3n) is 6.65. The fourth-order valence-electron chi connectivity index (χ4n) is 4.28. The molecule has 21 heavy (non-hydrogen) atoms. The smallest absolute Gasteiger partial charge is 0.119 e. The molecule has 1 aromatic rings. The van der Waals surface area contributed by atoms with Crippen molar-refractivity contribution in [3.05, 3.63) is 29.3 Å². The summed E-state index contributed by atoms with van der Waals surface area (Å²) in [4.78, 5) is 0. The Morgan fingerprint density at radius 3 is 1.62 bits per heavy atom. The zero-order valence-electron chi connectivity index (χ0n) is 15.0. The van der Waals surface area contributed by atoms with E-state index in [9.17, 15) is 5.11 Å². The van der Waals surface area contributed by atoms with Crippen LogP contribution >= 0.6 is 0 Å². The molecule has 2 aliphatic carbocycles. The van der Waals surface area contributed by atoms with Crippen molar-refractivity contribution >= 4 is 0 Å². The molecule has 0 amide bonds. The van der Waals surface area contributed by atoms with Gasteiger partial charge in [0.15, 0.2) is 0 Å². The van der Waals surface area contributed by atoms with Crippen LogP contribution in [0.4, 0.5) is 0 Å². The first kappa shape index (κ1) is 18.0. The summed E-state index contributed by atoms with van der Waals surface area (Å²) in [6.45, 7) is 18.6. The highest BCUT2D eigenvalue weighted by molar-refractivity contribution is 5.61. The van der Waals surface area contributed by atoms with Crippen LogP contribution in [0, 0.1) is 22.7 Å². The fraction of sp³-hybridized carbons (Fsp3) is 0.684. The van der Waals surface area contributed by atoms with Gasteiger partial charge in [-0.15, -0.1) is 0 Å². The van der Waals surface area contributed by atoms with Crippen LogP contribution in [0.1, 0.15) is 66.5 Å². The first-order chi connectivity index (χ1) is 9.01. The quantitative estimate of drug-likeness (QED) is 0.767. The van der Waals surface area contributed by atoms with E-state index in [-0.39, 0.29) is 22.4 Å². The third kappa shape index (κ3) is 1.88. The maximum atomic E-state index is 10.4. The van der Waals surface area contributed by atoms with E-state index < -0.39 is 0 Å². The lowest BCUT2D eigenvalue weighted by molar-refractivity contribution is -0.0161. The molecule has 1 aromatic carbocycles. The number of fused-ring (bicyclic) bond motifs is 2. The molecule has 0 unspecified atom stereocenters. The van der Waals surface area contributed by atoms with Gasteiger partial charge in [0.05, 0.1) is 0 Å². The van der Waals surface area contributed by atoms with E-state index in [0.29, 0.717) is 17.6 Å². The highest BCUT2D eigenvalue weighted by Crippen LogP contribution is 2.68. The van der Waals surface area contributed by atoms with Gasteiger partial charge < -0.3 is 11.3 Å². The lowest BCUT2D eigenvalue weighted by atomic mass is 9.39. The molecule has 2 bridgehead atoms. The van der Waals surface area contributed by atoms with Crippen LogP contribution in [-0.2, 0) is 5.41 Å². The number of hydrogen-bond acceptors (Lipinski definition) is 2. The minimum Gasteiger partial charge on any atom is -0.508 e. The van der Waals surface area contributed by atoms with Crippen molar-refractivity contribution in [2.24, 2.45) is 22.7 Å². The van der Waals surface area contributed by atoms with Crippen LogP contribution in [-0.4, -0.2) is 5.11 Å². The molecule has 0 atom stereocenters. The maximum Gasteiger partial charge on any atom is 0.119 e. The van der Waals surface area contributed by atoms with E-state index in [2.05, 4.69) is 67.5 Å². The van der Waals surface area contributed by atoms with Gasteiger partial charge in [0.25, 0.3) is 0 Å². The van der Waals surface area contributed by atoms with Crippen molar-refractivity contribution in [2.45, 2.75) is 60.8 Å². The number of rotatable bonds is 4. The maximum absolute atomic E-state index is 10.4. The van der Waals surface area contributed by atoms with Crippen molar-refractivity contribution in [1.82, 2.24) is 6.15 Å². The summed E-state index contributed by atoms with van der Waals surface area (Å²) in [7, 11) is 0. The zero-order chi connectivity index (χ0) is 15.5. The first-order valence-electron chi connectivity index (χ1n) is 7.85. The van der Waals surface area contributed by atoms with Crippen molar-refractivity contribution in [3.8, 4) is 5.75 Å². The summed E-state index contributed by atoms with van der Waals surface area (Å²) >= 11 is 0. The normalized spacial score (nSPS) is 16.7. The van der Waals surface area contributed by atoms with Crippen LogP contribution in [0.5, 0.6) is 5.75 Å². The molecule has 2 heteroatoms. The Kier molecular flexibility index (Phi) is 4.31. The average molecular weight is 291 g/mol. The number of aromatic hydroxyl groups is 1. The van der Waals surface area contributed by atoms with Gasteiger partial charge in [0.2, 0.25) is 0 Å². The van der Waals surface area contributed by atoms with Crippen molar-refractivity contribution < 1.29 is 5.11 Å². The monoisotopic (exact) mass is 291 g/mol. The summed E-state index contributed by atoms with van der Waals surface area (Å²) in [5.74, 6) is 1.54. The predicted octanol–water partition coefficient (Wildman–Crippen LogP) is 5.52. The summed E-state index contributed by atoms with van der Waals surface area (Å²) < 4.78 is 0. The topological polar surface area (TPSA) is 55.2 Å². The zero-order valence-corrected chi connectivity index (χ0v) is 15.0. The molecule has 2 nitrogen and oxygen atoms in total. The Morgan fingerprint density at radius 2 is 1.33 bits per heavy atom. The van der Waals surface area contributed by atoms with E-state index >= 15 is 0 Å². The molecule has 4 N–H and O–H groups in total. The van der Waals surface area contributed by atoms with E-state index in [1.165, 1.54) is 5.56 Å². The summed E-state index contributed by atoms with van der Waals surface area (Å²) in [5.41, 5.74) is 2.68. The van der Waals surface area contributed by atoms with Crippen LogP contribution in [0.25, 0.3) is 0 Å². The van der Waals surface area contributed by atoms with Gasteiger partial charge in [-0.05, 0) is 34.3 Å². The molecule has 0 fully saturated rings. The Bertz CT molecular complexity index is 503. The van der Waals surface area contributed by atoms with Crippen LogP contribution < -0.4 is 6.15 Å². The second-order valence-corrected chi connectivity index (χ2v) is 8.23. The van der Waals surface area contributed by atoms with Crippen LogP contribution in [0.15, 0.2) is 18.2 Å². The minimum absolute atomic E-state index is 0. The Hall–Kier alpha value is -1.02. The molecule has 120 valence electrons. The first-order valence-corrected chi connectivity index (χ1v) is 7.85. The molecule has 0 spiro atoms. The van der Waals surface area contributed by atoms with Gasteiger partial charge in [-0.25, -0.2) is 0 Å². The molecule has 2 aliphatic rings. The van der Waals surface area contributed by atoms with Gasteiger partial charge in [-0.3, -0.25) is 0 Å². The number of hydrogen-bond donors (Lipinski definition) is 2. The predicted molar refractivity (Wildman–Crippen MR) is 91.1 cm³/mol. The van der Waals surface area contributed by atoms with Gasteiger partial charge in [0, 0.05) is 11.0 Å². The summed E-state index contributed by atoms with van der Waals surface area (Å²) in [6.07, 6.45) is 0. The van der Waals surface area contributed by atoms with Crippen molar-refractivity contribution in [1.29, 1.82) is 0 Å². The molecule has 0 saturated heterocycles. The number of phenolic OH excluding ortho intramolecular Hbond substituents is 1. The molecule has 0 radical (unpaired) electrons. The second-order valence-electron chi connectivity index (χ2n) is 8.23. The Balaban J connectivity index is 0.00000220. The van der Waals surface area contributed by atoms with Crippen LogP contribution in [0.2, 0.25) is 0 Å². The van der Waals surface area contributed by atoms with E-state index in [1.54, 1.807) is 0 Å². The fourth-order valence-corrected chi connectivity index (χ4v) is 4.28. The van der Waals surface area contributed by atoms with Gasteiger partial charge in [-0.2, -0.15) is 0 Å². The SMILES string of the molecule is CC(C)C(C)(C)C1(C(C)(C)C(C)C)c2ccc(O)c1c2.N. The highest BCUT2D eigenvalue weighted by atomic mass is 16.3. The second kappa shape index (κ2) is 5.01. The third-order valence-corrected chi connectivity index (χ3v) is 6.65. The van der Waals surface area contributed by atoms with Crippen molar-refractivity contribution in [2.75, 3.05) is 0 Å². The van der Waals surface area contributed by atoms with Gasteiger partial charge >= 0.3 is 0 Å². The van der Waals surface area contributed by atoms with Gasteiger partial charge in [-0.1, -0.05) is 67.5 Å². The standard InChI is InChI=1S/C19H30O.H3N/c1-12(2)17(5,6)19(18(7,8)13(3)4)14-9-10-16(20)15(19)11-14;/h9-13,20H,1-8H3;1H3. The molecule has 0 aliphatic heterocycles. The van der Waals surface area contributed by atoms with Crippen molar-refractivity contribution in [3.63, 3.8) is 0 Å². The summed E-state index contributed by atoms with van der Waals surface area (Å²) in [5, 5.41) is 10.4. The molecule has 0 saturated carbocycles. The lowest BCUT2D eigenvalue weighted by Gasteiger charge is -2.64. The molecule has 3 rings (SSSR count). The molecule has 0 heterocycles. The molecular weight excluding hydrogens is 258 g/mol. The molecular formula is C19H33NO. The van der Waals surface area contributed by atoms with Crippen LogP contribution in [0.3, 0.4) is 0 Å². The number of benzene rings is 1. The largest absolute Gasteiger partial charge is 0.508 e.